The van der Waals surface area contributed by atoms with Crippen LogP contribution in [0, 0.1) is 13.8 Å². The lowest BCUT2D eigenvalue weighted by Gasteiger charge is -2.13. The number of hydrogen-bond acceptors (Lipinski definition) is 2. The van der Waals surface area contributed by atoms with Crippen molar-refractivity contribution in [1.82, 2.24) is 4.98 Å². The van der Waals surface area contributed by atoms with Crippen molar-refractivity contribution in [2.24, 2.45) is 0 Å². The van der Waals surface area contributed by atoms with E-state index in [1.807, 2.05) is 6.07 Å². The third-order valence-electron chi connectivity index (χ3n) is 4.47. The topological polar surface area (TPSA) is 24.9 Å². The van der Waals surface area contributed by atoms with Crippen LogP contribution in [0.3, 0.4) is 0 Å². The SMILES string of the molecule is Cc1ccc(Nc2cc(-c3ccccc3C)nc3ccccc23)cc1.Cl. The van der Waals surface area contributed by atoms with E-state index in [2.05, 4.69) is 92.0 Å². The Bertz CT molecular complexity index is 1040. The highest BCUT2D eigenvalue weighted by molar-refractivity contribution is 5.95. The zero-order valence-corrected chi connectivity index (χ0v) is 15.7. The van der Waals surface area contributed by atoms with Crippen LogP contribution in [-0.2, 0) is 0 Å². The van der Waals surface area contributed by atoms with Gasteiger partial charge in [0.2, 0.25) is 0 Å². The van der Waals surface area contributed by atoms with Gasteiger partial charge in [-0.1, -0.05) is 60.2 Å². The number of nitrogens with one attached hydrogen (secondary N) is 1. The largest absolute Gasteiger partial charge is 0.355 e. The summed E-state index contributed by atoms with van der Waals surface area (Å²) >= 11 is 0. The van der Waals surface area contributed by atoms with Gasteiger partial charge in [-0.15, -0.1) is 12.4 Å². The van der Waals surface area contributed by atoms with Crippen molar-refractivity contribution in [3.63, 3.8) is 0 Å². The summed E-state index contributed by atoms with van der Waals surface area (Å²) in [5, 5.41) is 4.69. The predicted molar refractivity (Wildman–Crippen MR) is 114 cm³/mol. The average molecular weight is 361 g/mol. The standard InChI is InChI=1S/C23H20N2.ClH/c1-16-11-13-18(14-12-16)24-23-15-22(19-8-4-3-7-17(19)2)25-21-10-6-5-9-20(21)23;/h3-15H,1-2H3,(H,24,25);1H. The number of nitrogens with zero attached hydrogens (tertiary/aromatic N) is 1. The lowest BCUT2D eigenvalue weighted by molar-refractivity contribution is 1.36. The van der Waals surface area contributed by atoms with E-state index in [0.29, 0.717) is 0 Å². The highest BCUT2D eigenvalue weighted by atomic mass is 35.5. The maximum atomic E-state index is 4.88. The van der Waals surface area contributed by atoms with Gasteiger partial charge < -0.3 is 5.32 Å². The van der Waals surface area contributed by atoms with E-state index in [9.17, 15) is 0 Å². The van der Waals surface area contributed by atoms with Gasteiger partial charge in [-0.25, -0.2) is 4.98 Å². The fourth-order valence-electron chi connectivity index (χ4n) is 3.07. The Morgan fingerprint density at radius 1 is 0.769 bits per heavy atom. The number of hydrogen-bond donors (Lipinski definition) is 1. The summed E-state index contributed by atoms with van der Waals surface area (Å²) in [5.74, 6) is 0. The van der Waals surface area contributed by atoms with Crippen LogP contribution in [0.4, 0.5) is 11.4 Å². The molecule has 3 heteroatoms. The van der Waals surface area contributed by atoms with E-state index in [4.69, 9.17) is 4.98 Å². The first kappa shape index (κ1) is 18.0. The monoisotopic (exact) mass is 360 g/mol. The number of benzene rings is 3. The number of fused-ring (bicyclic) bond motifs is 1. The molecule has 0 bridgehead atoms. The van der Waals surface area contributed by atoms with Gasteiger partial charge >= 0.3 is 0 Å². The minimum Gasteiger partial charge on any atom is -0.355 e. The Morgan fingerprint density at radius 3 is 2.23 bits per heavy atom. The molecule has 0 atom stereocenters. The summed E-state index contributed by atoms with van der Waals surface area (Å²) < 4.78 is 0. The predicted octanol–water partition coefficient (Wildman–Crippen LogP) is 6.68. The maximum absolute atomic E-state index is 4.88. The number of aryl methyl sites for hydroxylation is 2. The van der Waals surface area contributed by atoms with Gasteiger partial charge in [-0.2, -0.15) is 0 Å². The van der Waals surface area contributed by atoms with Crippen LogP contribution in [0.15, 0.2) is 78.9 Å². The summed E-state index contributed by atoms with van der Waals surface area (Å²) in [6.45, 7) is 4.22. The molecule has 4 aromatic rings. The van der Waals surface area contributed by atoms with Gasteiger partial charge in [0.15, 0.2) is 0 Å². The quantitative estimate of drug-likeness (QED) is 0.440. The molecule has 0 unspecified atom stereocenters. The molecule has 0 aliphatic heterocycles. The highest BCUT2D eigenvalue weighted by Gasteiger charge is 2.09. The fourth-order valence-corrected chi connectivity index (χ4v) is 3.07. The van der Waals surface area contributed by atoms with Gasteiger partial charge in [0.05, 0.1) is 16.9 Å². The summed E-state index contributed by atoms with van der Waals surface area (Å²) in [6, 6.07) is 27.2. The number of rotatable bonds is 3. The van der Waals surface area contributed by atoms with Gasteiger partial charge in [0, 0.05) is 16.6 Å². The second kappa shape index (κ2) is 7.59. The molecule has 0 fully saturated rings. The Hall–Kier alpha value is -2.84. The van der Waals surface area contributed by atoms with E-state index < -0.39 is 0 Å². The van der Waals surface area contributed by atoms with Crippen LogP contribution >= 0.6 is 12.4 Å². The number of aromatic nitrogens is 1. The van der Waals surface area contributed by atoms with Crippen molar-refractivity contribution in [2.45, 2.75) is 13.8 Å². The molecule has 1 N–H and O–H groups in total. The molecule has 130 valence electrons. The van der Waals surface area contributed by atoms with Crippen molar-refractivity contribution in [1.29, 1.82) is 0 Å². The average Bonchev–Trinajstić information content (AvgIpc) is 2.64. The first-order valence-corrected chi connectivity index (χ1v) is 8.50. The van der Waals surface area contributed by atoms with E-state index in [1.165, 1.54) is 16.7 Å². The van der Waals surface area contributed by atoms with Crippen molar-refractivity contribution in [2.75, 3.05) is 5.32 Å². The molecule has 0 radical (unpaired) electrons. The molecule has 0 amide bonds. The number of para-hydroxylation sites is 1. The molecule has 0 saturated heterocycles. The van der Waals surface area contributed by atoms with Crippen LogP contribution in [-0.4, -0.2) is 4.98 Å². The lowest BCUT2D eigenvalue weighted by atomic mass is 10.0. The highest BCUT2D eigenvalue weighted by Crippen LogP contribution is 2.31. The molecular formula is C23H21ClN2. The minimum absolute atomic E-state index is 0. The molecule has 26 heavy (non-hydrogen) atoms. The van der Waals surface area contributed by atoms with E-state index >= 15 is 0 Å². The summed E-state index contributed by atoms with van der Waals surface area (Å²) in [7, 11) is 0. The molecule has 3 aromatic carbocycles. The second-order valence-electron chi connectivity index (χ2n) is 6.38. The summed E-state index contributed by atoms with van der Waals surface area (Å²) in [4.78, 5) is 4.88. The maximum Gasteiger partial charge on any atom is 0.0733 e. The number of pyridine rings is 1. The molecule has 0 spiro atoms. The van der Waals surface area contributed by atoms with Crippen LogP contribution in [0.25, 0.3) is 22.2 Å². The first-order valence-electron chi connectivity index (χ1n) is 8.50. The van der Waals surface area contributed by atoms with Gasteiger partial charge in [0.1, 0.15) is 0 Å². The van der Waals surface area contributed by atoms with Crippen molar-refractivity contribution < 1.29 is 0 Å². The molecule has 0 aliphatic rings. The van der Waals surface area contributed by atoms with E-state index in [0.717, 1.165) is 28.0 Å². The van der Waals surface area contributed by atoms with Crippen LogP contribution < -0.4 is 5.32 Å². The normalized spacial score (nSPS) is 10.4. The van der Waals surface area contributed by atoms with Crippen LogP contribution in [0.5, 0.6) is 0 Å². The first-order chi connectivity index (χ1) is 12.2. The molecule has 2 nitrogen and oxygen atoms in total. The zero-order valence-electron chi connectivity index (χ0n) is 14.9. The van der Waals surface area contributed by atoms with E-state index in [1.54, 1.807) is 0 Å². The Kier molecular flexibility index (Phi) is 5.24. The van der Waals surface area contributed by atoms with Crippen LogP contribution in [0.2, 0.25) is 0 Å². The zero-order chi connectivity index (χ0) is 17.2. The lowest BCUT2D eigenvalue weighted by Crippen LogP contribution is -1.96. The molecule has 1 aromatic heterocycles. The summed E-state index contributed by atoms with van der Waals surface area (Å²) in [6.07, 6.45) is 0. The third-order valence-corrected chi connectivity index (χ3v) is 4.47. The summed E-state index contributed by atoms with van der Waals surface area (Å²) in [5.41, 5.74) is 7.80. The Morgan fingerprint density at radius 2 is 1.46 bits per heavy atom. The van der Waals surface area contributed by atoms with Crippen molar-refractivity contribution in [3.8, 4) is 11.3 Å². The second-order valence-corrected chi connectivity index (χ2v) is 6.38. The number of anilines is 2. The fraction of sp³-hybridized carbons (Fsp3) is 0.0870. The minimum atomic E-state index is 0. The molecular weight excluding hydrogens is 340 g/mol. The Labute approximate surface area is 160 Å². The molecule has 1 heterocycles. The van der Waals surface area contributed by atoms with Crippen molar-refractivity contribution in [3.05, 3.63) is 90.0 Å². The molecule has 0 saturated carbocycles. The molecule has 4 rings (SSSR count). The van der Waals surface area contributed by atoms with Crippen LogP contribution in [0.1, 0.15) is 11.1 Å². The molecule has 0 aliphatic carbocycles. The smallest absolute Gasteiger partial charge is 0.0733 e. The van der Waals surface area contributed by atoms with Gasteiger partial charge in [0.25, 0.3) is 0 Å². The van der Waals surface area contributed by atoms with E-state index in [-0.39, 0.29) is 12.4 Å². The van der Waals surface area contributed by atoms with Gasteiger partial charge in [-0.05, 0) is 43.7 Å². The van der Waals surface area contributed by atoms with Crippen molar-refractivity contribution >= 4 is 34.7 Å². The Balaban J connectivity index is 0.00000196. The third kappa shape index (κ3) is 3.56. The van der Waals surface area contributed by atoms with Gasteiger partial charge in [-0.3, -0.25) is 0 Å². The number of halogens is 1.